The van der Waals surface area contributed by atoms with E-state index in [1.165, 1.54) is 12.1 Å². The highest BCUT2D eigenvalue weighted by Gasteiger charge is 2.32. The van der Waals surface area contributed by atoms with Crippen LogP contribution in [0.5, 0.6) is 0 Å². The van der Waals surface area contributed by atoms with Crippen molar-refractivity contribution in [3.05, 3.63) is 35.1 Å². The van der Waals surface area contributed by atoms with Crippen molar-refractivity contribution < 1.29 is 19.1 Å². The van der Waals surface area contributed by atoms with Gasteiger partial charge in [0.2, 0.25) is 0 Å². The molecule has 0 bridgehead atoms. The Morgan fingerprint density at radius 1 is 1.32 bits per heavy atom. The first-order valence-electron chi connectivity index (χ1n) is 5.92. The molecule has 2 N–H and O–H groups in total. The lowest BCUT2D eigenvalue weighted by molar-refractivity contribution is -0.142. The predicted molar refractivity (Wildman–Crippen MR) is 69.5 cm³/mol. The molecular formula is C14H18FNO3. The number of nitrogens with one attached hydrogen (secondary N) is 1. The van der Waals surface area contributed by atoms with Crippen molar-refractivity contribution in [2.75, 3.05) is 0 Å². The molecule has 1 rings (SSSR count). The van der Waals surface area contributed by atoms with Crippen LogP contribution >= 0.6 is 0 Å². The zero-order valence-corrected chi connectivity index (χ0v) is 11.5. The third kappa shape index (κ3) is 3.77. The summed E-state index contributed by atoms with van der Waals surface area (Å²) in [5.74, 6) is -2.20. The summed E-state index contributed by atoms with van der Waals surface area (Å²) in [4.78, 5) is 23.1. The van der Waals surface area contributed by atoms with Gasteiger partial charge in [-0.15, -0.1) is 0 Å². The van der Waals surface area contributed by atoms with Crippen molar-refractivity contribution in [1.29, 1.82) is 0 Å². The van der Waals surface area contributed by atoms with E-state index < -0.39 is 29.2 Å². The fraction of sp³-hybridized carbons (Fsp3) is 0.429. The molecule has 0 radical (unpaired) electrons. The van der Waals surface area contributed by atoms with Crippen LogP contribution in [0, 0.1) is 18.2 Å². The summed E-state index contributed by atoms with van der Waals surface area (Å²) in [6.07, 6.45) is 0. The molecule has 19 heavy (non-hydrogen) atoms. The van der Waals surface area contributed by atoms with E-state index in [0.29, 0.717) is 5.56 Å². The van der Waals surface area contributed by atoms with Gasteiger partial charge in [-0.3, -0.25) is 4.79 Å². The standard InChI is InChI=1S/C14H18FNO3/c1-8-5-6-9(7-10(8)15)12(17)16-11(13(18)19)14(2,3)4/h5-7,11H,1-4H3,(H,16,17)(H,18,19)/t11-/m0/s1. The Morgan fingerprint density at radius 3 is 2.32 bits per heavy atom. The van der Waals surface area contributed by atoms with E-state index in [1.807, 2.05) is 0 Å². The van der Waals surface area contributed by atoms with Gasteiger partial charge in [-0.25, -0.2) is 9.18 Å². The van der Waals surface area contributed by atoms with Gasteiger partial charge in [-0.2, -0.15) is 0 Å². The van der Waals surface area contributed by atoms with Crippen molar-refractivity contribution >= 4 is 11.9 Å². The Labute approximate surface area is 111 Å². The Bertz CT molecular complexity index is 506. The van der Waals surface area contributed by atoms with Crippen molar-refractivity contribution in [2.24, 2.45) is 5.41 Å². The maximum atomic E-state index is 13.4. The van der Waals surface area contributed by atoms with Gasteiger partial charge < -0.3 is 10.4 Å². The molecule has 0 aliphatic rings. The SMILES string of the molecule is Cc1ccc(C(=O)N[C@@H](C(=O)O)C(C)(C)C)cc1F. The van der Waals surface area contributed by atoms with Gasteiger partial charge in [0.05, 0.1) is 0 Å². The summed E-state index contributed by atoms with van der Waals surface area (Å²) in [6, 6.07) is 3.02. The fourth-order valence-electron chi connectivity index (χ4n) is 1.60. The molecule has 0 spiro atoms. The number of hydrogen-bond acceptors (Lipinski definition) is 2. The van der Waals surface area contributed by atoms with Crippen LogP contribution in [-0.2, 0) is 4.79 Å². The van der Waals surface area contributed by atoms with E-state index in [4.69, 9.17) is 5.11 Å². The monoisotopic (exact) mass is 267 g/mol. The summed E-state index contributed by atoms with van der Waals surface area (Å²) < 4.78 is 13.4. The van der Waals surface area contributed by atoms with Crippen LogP contribution in [0.1, 0.15) is 36.7 Å². The van der Waals surface area contributed by atoms with Gasteiger partial charge in [0.15, 0.2) is 0 Å². The molecule has 0 fully saturated rings. The molecule has 0 heterocycles. The number of carboxylic acids is 1. The highest BCUT2D eigenvalue weighted by atomic mass is 19.1. The molecule has 1 amide bonds. The third-order valence-electron chi connectivity index (χ3n) is 2.82. The number of amides is 1. The highest BCUT2D eigenvalue weighted by Crippen LogP contribution is 2.20. The Hall–Kier alpha value is -1.91. The number of rotatable bonds is 3. The number of carbonyl (C=O) groups is 2. The van der Waals surface area contributed by atoms with Crippen LogP contribution in [0.2, 0.25) is 0 Å². The van der Waals surface area contributed by atoms with E-state index in [-0.39, 0.29) is 5.56 Å². The van der Waals surface area contributed by atoms with E-state index in [1.54, 1.807) is 27.7 Å². The lowest BCUT2D eigenvalue weighted by Crippen LogP contribution is -2.49. The lowest BCUT2D eigenvalue weighted by Gasteiger charge is -2.27. The van der Waals surface area contributed by atoms with Crippen molar-refractivity contribution in [3.8, 4) is 0 Å². The van der Waals surface area contributed by atoms with Gasteiger partial charge in [-0.05, 0) is 30.0 Å². The Morgan fingerprint density at radius 2 is 1.89 bits per heavy atom. The van der Waals surface area contributed by atoms with Crippen LogP contribution in [0.3, 0.4) is 0 Å². The van der Waals surface area contributed by atoms with E-state index in [2.05, 4.69) is 5.32 Å². The first kappa shape index (κ1) is 15.1. The maximum absolute atomic E-state index is 13.4. The summed E-state index contributed by atoms with van der Waals surface area (Å²) in [5.41, 5.74) is -0.0918. The normalized spacial score (nSPS) is 12.9. The number of carboxylic acid groups (broad SMARTS) is 1. The second-order valence-electron chi connectivity index (χ2n) is 5.57. The average molecular weight is 267 g/mol. The molecule has 0 aliphatic carbocycles. The number of aryl methyl sites for hydroxylation is 1. The number of benzene rings is 1. The highest BCUT2D eigenvalue weighted by molar-refractivity contribution is 5.96. The van der Waals surface area contributed by atoms with Crippen LogP contribution in [0.4, 0.5) is 4.39 Å². The van der Waals surface area contributed by atoms with E-state index in [9.17, 15) is 14.0 Å². The summed E-state index contributed by atoms with van der Waals surface area (Å²) in [5, 5.41) is 11.5. The first-order chi connectivity index (χ1) is 8.62. The molecule has 4 nitrogen and oxygen atoms in total. The molecule has 1 aromatic carbocycles. The molecular weight excluding hydrogens is 249 g/mol. The minimum Gasteiger partial charge on any atom is -0.480 e. The van der Waals surface area contributed by atoms with E-state index >= 15 is 0 Å². The van der Waals surface area contributed by atoms with Gasteiger partial charge >= 0.3 is 5.97 Å². The largest absolute Gasteiger partial charge is 0.480 e. The van der Waals surface area contributed by atoms with E-state index in [0.717, 1.165) is 6.07 Å². The summed E-state index contributed by atoms with van der Waals surface area (Å²) in [6.45, 7) is 6.72. The molecule has 104 valence electrons. The molecule has 0 saturated heterocycles. The second-order valence-corrected chi connectivity index (χ2v) is 5.57. The van der Waals surface area contributed by atoms with Crippen molar-refractivity contribution in [2.45, 2.75) is 33.7 Å². The summed E-state index contributed by atoms with van der Waals surface area (Å²) >= 11 is 0. The molecule has 1 atom stereocenters. The molecule has 0 aliphatic heterocycles. The molecule has 0 aromatic heterocycles. The van der Waals surface area contributed by atoms with Crippen molar-refractivity contribution in [3.63, 3.8) is 0 Å². The predicted octanol–water partition coefficient (Wildman–Crippen LogP) is 2.36. The van der Waals surface area contributed by atoms with Crippen LogP contribution in [-0.4, -0.2) is 23.0 Å². The zero-order chi connectivity index (χ0) is 14.8. The number of halogens is 1. The Balaban J connectivity index is 2.94. The second kappa shape index (κ2) is 5.38. The van der Waals surface area contributed by atoms with Crippen LogP contribution in [0.25, 0.3) is 0 Å². The van der Waals surface area contributed by atoms with Gasteiger partial charge in [0, 0.05) is 5.56 Å². The topological polar surface area (TPSA) is 66.4 Å². The minimum absolute atomic E-state index is 0.110. The fourth-order valence-corrected chi connectivity index (χ4v) is 1.60. The molecule has 0 unspecified atom stereocenters. The molecule has 1 aromatic rings. The molecule has 5 heteroatoms. The Kier molecular flexibility index (Phi) is 4.29. The third-order valence-corrected chi connectivity index (χ3v) is 2.82. The minimum atomic E-state index is -1.12. The van der Waals surface area contributed by atoms with Crippen LogP contribution < -0.4 is 5.32 Å². The lowest BCUT2D eigenvalue weighted by atomic mass is 9.86. The van der Waals surface area contributed by atoms with Gasteiger partial charge in [-0.1, -0.05) is 26.8 Å². The van der Waals surface area contributed by atoms with Crippen molar-refractivity contribution in [1.82, 2.24) is 5.32 Å². The summed E-state index contributed by atoms with van der Waals surface area (Å²) in [7, 11) is 0. The molecule has 0 saturated carbocycles. The van der Waals surface area contributed by atoms with Gasteiger partial charge in [0.1, 0.15) is 11.9 Å². The number of hydrogen-bond donors (Lipinski definition) is 2. The average Bonchev–Trinajstić information content (AvgIpc) is 2.27. The van der Waals surface area contributed by atoms with Gasteiger partial charge in [0.25, 0.3) is 5.91 Å². The first-order valence-corrected chi connectivity index (χ1v) is 5.92. The maximum Gasteiger partial charge on any atom is 0.326 e. The zero-order valence-electron chi connectivity index (χ0n) is 11.5. The smallest absolute Gasteiger partial charge is 0.326 e. The number of aliphatic carboxylic acids is 1. The number of carbonyl (C=O) groups excluding carboxylic acids is 1. The quantitative estimate of drug-likeness (QED) is 0.883. The van der Waals surface area contributed by atoms with Crippen LogP contribution in [0.15, 0.2) is 18.2 Å².